The highest BCUT2D eigenvalue weighted by atomic mass is 16.6. The number of ether oxygens (including phenoxy) is 3. The normalized spacial score (nSPS) is 12.4. The zero-order valence-corrected chi connectivity index (χ0v) is 40.4. The lowest BCUT2D eigenvalue weighted by Crippen LogP contribution is -2.30. The zero-order chi connectivity index (χ0) is 44.4. The van der Waals surface area contributed by atoms with Gasteiger partial charge in [-0.05, 0) is 103 Å². The minimum Gasteiger partial charge on any atom is -0.462 e. The van der Waals surface area contributed by atoms with Crippen LogP contribution in [0.1, 0.15) is 265 Å². The molecule has 61 heavy (non-hydrogen) atoms. The molecule has 0 spiro atoms. The molecule has 0 radical (unpaired) electrons. The Hall–Kier alpha value is -2.63. The van der Waals surface area contributed by atoms with E-state index in [9.17, 15) is 14.4 Å². The molecule has 0 saturated carbocycles. The van der Waals surface area contributed by atoms with Crippen LogP contribution in [-0.4, -0.2) is 37.2 Å². The Balaban J connectivity index is 4.41. The Morgan fingerprint density at radius 2 is 0.590 bits per heavy atom. The molecule has 6 nitrogen and oxygen atoms in total. The van der Waals surface area contributed by atoms with E-state index in [0.29, 0.717) is 19.3 Å². The van der Waals surface area contributed by atoms with Crippen molar-refractivity contribution in [2.24, 2.45) is 0 Å². The van der Waals surface area contributed by atoms with E-state index < -0.39 is 6.10 Å². The fourth-order valence-electron chi connectivity index (χ4n) is 7.28. The third kappa shape index (κ3) is 48.3. The van der Waals surface area contributed by atoms with Gasteiger partial charge in [0.25, 0.3) is 0 Å². The summed E-state index contributed by atoms with van der Waals surface area (Å²) in [6, 6.07) is 0. The van der Waals surface area contributed by atoms with Crippen LogP contribution in [0, 0.1) is 0 Å². The van der Waals surface area contributed by atoms with Gasteiger partial charge < -0.3 is 14.2 Å². The predicted molar refractivity (Wildman–Crippen MR) is 261 cm³/mol. The molecule has 0 N–H and O–H groups in total. The van der Waals surface area contributed by atoms with Crippen molar-refractivity contribution in [3.05, 3.63) is 48.6 Å². The van der Waals surface area contributed by atoms with Crippen LogP contribution in [0.5, 0.6) is 0 Å². The summed E-state index contributed by atoms with van der Waals surface area (Å²) in [6.45, 7) is 6.57. The van der Waals surface area contributed by atoms with Crippen LogP contribution in [0.4, 0.5) is 0 Å². The monoisotopic (exact) mass is 855 g/mol. The molecule has 354 valence electrons. The molecule has 0 aliphatic rings. The summed E-state index contributed by atoms with van der Waals surface area (Å²) in [5, 5.41) is 0. The van der Waals surface area contributed by atoms with E-state index in [4.69, 9.17) is 14.2 Å². The maximum Gasteiger partial charge on any atom is 0.306 e. The van der Waals surface area contributed by atoms with E-state index in [0.717, 1.165) is 89.9 Å². The standard InChI is InChI=1S/C55H98O6/c1-4-7-10-13-16-19-22-25-27-30-33-36-39-42-45-48-54(57)60-51-52(50-59-53(56)47-44-41-38-35-32-29-24-21-18-15-12-9-6-3)61-55(58)49-46-43-40-37-34-31-28-26-23-20-17-14-11-8-5-2/h17,19-22,24,26,28,52H,4-16,18,23,25,27,29-51H2,1-3H3/b20-17-,22-19-,24-21-,28-26-/t52-/m0/s1. The molecule has 0 aliphatic carbocycles. The first-order valence-corrected chi connectivity index (χ1v) is 26.1. The molecule has 0 saturated heterocycles. The van der Waals surface area contributed by atoms with Crippen LogP contribution in [0.15, 0.2) is 48.6 Å². The highest BCUT2D eigenvalue weighted by Gasteiger charge is 2.19. The van der Waals surface area contributed by atoms with E-state index in [2.05, 4.69) is 69.4 Å². The second kappa shape index (κ2) is 50.0. The molecule has 0 unspecified atom stereocenters. The van der Waals surface area contributed by atoms with Gasteiger partial charge in [-0.3, -0.25) is 14.4 Å². The number of carbonyl (C=O) groups is 3. The summed E-state index contributed by atoms with van der Waals surface area (Å²) < 4.78 is 16.8. The fourth-order valence-corrected chi connectivity index (χ4v) is 7.28. The van der Waals surface area contributed by atoms with Crippen molar-refractivity contribution in [1.82, 2.24) is 0 Å². The first-order chi connectivity index (χ1) is 30.0. The third-order valence-electron chi connectivity index (χ3n) is 11.3. The summed E-state index contributed by atoms with van der Waals surface area (Å²) in [6.07, 6.45) is 59.4. The van der Waals surface area contributed by atoms with Crippen molar-refractivity contribution in [1.29, 1.82) is 0 Å². The Kier molecular flexibility index (Phi) is 47.9. The van der Waals surface area contributed by atoms with Crippen molar-refractivity contribution in [3.63, 3.8) is 0 Å². The third-order valence-corrected chi connectivity index (χ3v) is 11.3. The minimum atomic E-state index is -0.783. The quantitative estimate of drug-likeness (QED) is 0.0263. The van der Waals surface area contributed by atoms with Crippen LogP contribution in [0.2, 0.25) is 0 Å². The topological polar surface area (TPSA) is 78.9 Å². The van der Waals surface area contributed by atoms with E-state index in [1.807, 2.05) is 0 Å². The summed E-state index contributed by atoms with van der Waals surface area (Å²) in [4.78, 5) is 38.0. The summed E-state index contributed by atoms with van der Waals surface area (Å²) in [5.41, 5.74) is 0. The van der Waals surface area contributed by atoms with Gasteiger partial charge in [-0.25, -0.2) is 0 Å². The van der Waals surface area contributed by atoms with Crippen molar-refractivity contribution in [2.45, 2.75) is 271 Å². The Morgan fingerprint density at radius 1 is 0.328 bits per heavy atom. The van der Waals surface area contributed by atoms with Gasteiger partial charge in [-0.15, -0.1) is 0 Å². The van der Waals surface area contributed by atoms with E-state index in [1.165, 1.54) is 135 Å². The van der Waals surface area contributed by atoms with Gasteiger partial charge in [-0.2, -0.15) is 0 Å². The molecule has 0 heterocycles. The molecular weight excluding hydrogens is 757 g/mol. The second-order valence-electron chi connectivity index (χ2n) is 17.4. The zero-order valence-electron chi connectivity index (χ0n) is 40.4. The largest absolute Gasteiger partial charge is 0.462 e. The van der Waals surface area contributed by atoms with Crippen molar-refractivity contribution >= 4 is 17.9 Å². The molecule has 0 amide bonds. The number of hydrogen-bond acceptors (Lipinski definition) is 6. The molecule has 0 bridgehead atoms. The number of rotatable bonds is 47. The lowest BCUT2D eigenvalue weighted by molar-refractivity contribution is -0.167. The first-order valence-electron chi connectivity index (χ1n) is 26.1. The minimum absolute atomic E-state index is 0.0829. The maximum atomic E-state index is 12.8. The maximum absolute atomic E-state index is 12.8. The number of unbranched alkanes of at least 4 members (excludes halogenated alkanes) is 28. The lowest BCUT2D eigenvalue weighted by Gasteiger charge is -2.18. The smallest absolute Gasteiger partial charge is 0.306 e. The van der Waals surface area contributed by atoms with Gasteiger partial charge >= 0.3 is 17.9 Å². The molecule has 0 aromatic rings. The lowest BCUT2D eigenvalue weighted by atomic mass is 10.1. The van der Waals surface area contributed by atoms with Crippen LogP contribution in [-0.2, 0) is 28.6 Å². The van der Waals surface area contributed by atoms with Gasteiger partial charge in [0, 0.05) is 19.3 Å². The SMILES string of the molecule is CCCCC/C=C\C/C=C\CCCCCCCC(=O)O[C@@H](COC(=O)CCCCCCC/C=C\CCCCCC)COC(=O)CCCCCCCCC/C=C\CCCCCC. The van der Waals surface area contributed by atoms with Crippen molar-refractivity contribution in [2.75, 3.05) is 13.2 Å². The summed E-state index contributed by atoms with van der Waals surface area (Å²) in [7, 11) is 0. The highest BCUT2D eigenvalue weighted by molar-refractivity contribution is 5.71. The van der Waals surface area contributed by atoms with Crippen molar-refractivity contribution < 1.29 is 28.6 Å². The second-order valence-corrected chi connectivity index (χ2v) is 17.4. The van der Waals surface area contributed by atoms with Crippen LogP contribution < -0.4 is 0 Å². The van der Waals surface area contributed by atoms with Gasteiger partial charge in [0.05, 0.1) is 0 Å². The van der Waals surface area contributed by atoms with Crippen molar-refractivity contribution in [3.8, 4) is 0 Å². The molecule has 1 atom stereocenters. The summed E-state index contributed by atoms with van der Waals surface area (Å²) >= 11 is 0. The summed E-state index contributed by atoms with van der Waals surface area (Å²) in [5.74, 6) is -0.904. The highest BCUT2D eigenvalue weighted by Crippen LogP contribution is 2.14. The average Bonchev–Trinajstić information content (AvgIpc) is 3.26. The van der Waals surface area contributed by atoms with Gasteiger partial charge in [0.15, 0.2) is 6.10 Å². The molecule has 0 fully saturated rings. The van der Waals surface area contributed by atoms with E-state index >= 15 is 0 Å². The predicted octanol–water partition coefficient (Wildman–Crippen LogP) is 17.1. The first kappa shape index (κ1) is 58.4. The molecule has 0 rings (SSSR count). The number of allylic oxidation sites excluding steroid dienone is 8. The molecular formula is C55H98O6. The number of carbonyl (C=O) groups excluding carboxylic acids is 3. The molecule has 0 aliphatic heterocycles. The Labute approximate surface area is 378 Å². The van der Waals surface area contributed by atoms with Gasteiger partial charge in [0.2, 0.25) is 0 Å². The number of esters is 3. The Morgan fingerprint density at radius 3 is 0.951 bits per heavy atom. The number of hydrogen-bond donors (Lipinski definition) is 0. The average molecular weight is 855 g/mol. The fraction of sp³-hybridized carbons (Fsp3) is 0.800. The van der Waals surface area contributed by atoms with Crippen LogP contribution in [0.25, 0.3) is 0 Å². The van der Waals surface area contributed by atoms with E-state index in [-0.39, 0.29) is 31.1 Å². The molecule has 6 heteroatoms. The molecule has 0 aromatic carbocycles. The van der Waals surface area contributed by atoms with Gasteiger partial charge in [-0.1, -0.05) is 191 Å². The molecule has 0 aromatic heterocycles. The van der Waals surface area contributed by atoms with Gasteiger partial charge in [0.1, 0.15) is 13.2 Å². The van der Waals surface area contributed by atoms with Crippen LogP contribution >= 0.6 is 0 Å². The van der Waals surface area contributed by atoms with E-state index in [1.54, 1.807) is 0 Å². The van der Waals surface area contributed by atoms with Crippen LogP contribution in [0.3, 0.4) is 0 Å². The Bertz CT molecular complexity index is 1070.